The van der Waals surface area contributed by atoms with Gasteiger partial charge in [-0.1, -0.05) is 42.5 Å². The Bertz CT molecular complexity index is 1140. The molecular weight excluding hydrogens is 358 g/mol. The highest BCUT2D eigenvalue weighted by Crippen LogP contribution is 2.31. The van der Waals surface area contributed by atoms with Crippen LogP contribution in [0.4, 0.5) is 5.95 Å². The van der Waals surface area contributed by atoms with Crippen LogP contribution in [0.2, 0.25) is 0 Å². The number of primary amides is 1. The van der Waals surface area contributed by atoms with E-state index in [0.717, 1.165) is 5.56 Å². The summed E-state index contributed by atoms with van der Waals surface area (Å²) in [6.45, 7) is 0.540. The summed E-state index contributed by atoms with van der Waals surface area (Å²) in [5.74, 6) is 0.512. The van der Waals surface area contributed by atoms with Crippen LogP contribution in [0.25, 0.3) is 22.4 Å². The van der Waals surface area contributed by atoms with Crippen molar-refractivity contribution in [2.24, 2.45) is 5.73 Å². The lowest BCUT2D eigenvalue weighted by atomic mass is 10.1. The van der Waals surface area contributed by atoms with Gasteiger partial charge in [0.1, 0.15) is 6.26 Å². The third-order valence-corrected chi connectivity index (χ3v) is 4.20. The predicted molar refractivity (Wildman–Crippen MR) is 104 cm³/mol. The van der Waals surface area contributed by atoms with Crippen LogP contribution in [0.1, 0.15) is 15.9 Å². The van der Waals surface area contributed by atoms with Crippen LogP contribution >= 0.6 is 0 Å². The molecule has 0 spiro atoms. The maximum atomic E-state index is 11.6. The normalized spacial score (nSPS) is 10.8. The van der Waals surface area contributed by atoms with E-state index in [0.29, 0.717) is 40.4 Å². The van der Waals surface area contributed by atoms with Crippen molar-refractivity contribution in [2.75, 3.05) is 12.4 Å². The van der Waals surface area contributed by atoms with Gasteiger partial charge in [-0.25, -0.2) is 0 Å². The van der Waals surface area contributed by atoms with Crippen LogP contribution in [0.15, 0.2) is 59.2 Å². The number of nitrogens with zero attached hydrogens (tertiary/aromatic N) is 3. The Morgan fingerprint density at radius 3 is 2.64 bits per heavy atom. The highest BCUT2D eigenvalue weighted by Gasteiger charge is 2.18. The van der Waals surface area contributed by atoms with Crippen LogP contribution in [-0.2, 0) is 6.54 Å². The van der Waals surface area contributed by atoms with Crippen LogP contribution in [-0.4, -0.2) is 28.0 Å². The molecular formula is C20H17N5O3. The van der Waals surface area contributed by atoms with Crippen molar-refractivity contribution in [3.8, 4) is 17.6 Å². The molecule has 2 aromatic heterocycles. The molecule has 0 unspecified atom stereocenters. The van der Waals surface area contributed by atoms with Gasteiger partial charge in [-0.15, -0.1) is 0 Å². The number of anilines is 1. The van der Waals surface area contributed by atoms with E-state index in [9.17, 15) is 4.79 Å². The second-order valence-corrected chi connectivity index (χ2v) is 6.00. The molecule has 0 saturated carbocycles. The zero-order valence-electron chi connectivity index (χ0n) is 15.0. The lowest BCUT2D eigenvalue weighted by Gasteiger charge is -2.07. The number of aromatic nitrogens is 3. The maximum absolute atomic E-state index is 11.6. The highest BCUT2D eigenvalue weighted by atomic mass is 16.5. The zero-order valence-corrected chi connectivity index (χ0v) is 15.0. The van der Waals surface area contributed by atoms with Gasteiger partial charge in [0, 0.05) is 17.3 Å². The molecule has 4 aromatic rings. The quantitative estimate of drug-likeness (QED) is 0.532. The molecule has 0 atom stereocenters. The fourth-order valence-corrected chi connectivity index (χ4v) is 2.86. The fourth-order valence-electron chi connectivity index (χ4n) is 2.86. The van der Waals surface area contributed by atoms with E-state index < -0.39 is 5.91 Å². The minimum atomic E-state index is -0.531. The van der Waals surface area contributed by atoms with Gasteiger partial charge in [-0.3, -0.25) is 4.79 Å². The lowest BCUT2D eigenvalue weighted by molar-refractivity contribution is 0.100. The van der Waals surface area contributed by atoms with Crippen LogP contribution in [0, 0.1) is 0 Å². The van der Waals surface area contributed by atoms with Gasteiger partial charge >= 0.3 is 6.01 Å². The average Bonchev–Trinajstić information content (AvgIpc) is 3.17. The van der Waals surface area contributed by atoms with Crippen LogP contribution in [0.3, 0.4) is 0 Å². The summed E-state index contributed by atoms with van der Waals surface area (Å²) >= 11 is 0. The first kappa shape index (κ1) is 17.5. The summed E-state index contributed by atoms with van der Waals surface area (Å²) in [5.41, 5.74) is 6.89. The summed E-state index contributed by atoms with van der Waals surface area (Å²) in [6, 6.07) is 15.2. The first-order valence-electron chi connectivity index (χ1n) is 8.54. The number of ether oxygens (including phenoxy) is 1. The molecule has 4 rings (SSSR count). The third-order valence-electron chi connectivity index (χ3n) is 4.20. The number of amides is 1. The molecule has 0 saturated heterocycles. The number of methoxy groups -OCH3 is 1. The zero-order chi connectivity index (χ0) is 19.5. The van der Waals surface area contributed by atoms with Crippen molar-refractivity contribution in [2.45, 2.75) is 6.54 Å². The summed E-state index contributed by atoms with van der Waals surface area (Å²) in [5, 5.41) is 4.44. The molecule has 0 aliphatic rings. The Kier molecular flexibility index (Phi) is 4.59. The highest BCUT2D eigenvalue weighted by molar-refractivity contribution is 6.08. The van der Waals surface area contributed by atoms with E-state index in [-0.39, 0.29) is 6.01 Å². The molecule has 0 radical (unpaired) electrons. The number of benzene rings is 2. The number of furan rings is 1. The molecule has 2 aromatic carbocycles. The number of carbonyl (C=O) groups excluding carboxylic acids is 1. The van der Waals surface area contributed by atoms with Crippen LogP contribution < -0.4 is 15.8 Å². The minimum Gasteiger partial charge on any atom is -0.467 e. The van der Waals surface area contributed by atoms with Gasteiger partial charge in [-0.05, 0) is 11.6 Å². The molecule has 1 amide bonds. The molecule has 28 heavy (non-hydrogen) atoms. The third kappa shape index (κ3) is 3.35. The van der Waals surface area contributed by atoms with E-state index in [2.05, 4.69) is 20.3 Å². The average molecular weight is 375 g/mol. The SMILES string of the molecule is COc1nc(NCc2ccccc2)nc(-c2occ3c(C(N)=O)cccc23)n1. The number of hydrogen-bond acceptors (Lipinski definition) is 7. The van der Waals surface area contributed by atoms with Crippen molar-refractivity contribution < 1.29 is 13.9 Å². The van der Waals surface area contributed by atoms with Gasteiger partial charge in [0.05, 0.1) is 12.7 Å². The maximum Gasteiger partial charge on any atom is 0.321 e. The molecule has 0 aliphatic carbocycles. The molecule has 2 heterocycles. The summed E-state index contributed by atoms with van der Waals surface area (Å²) < 4.78 is 10.9. The first-order valence-corrected chi connectivity index (χ1v) is 8.54. The van der Waals surface area contributed by atoms with E-state index >= 15 is 0 Å². The summed E-state index contributed by atoms with van der Waals surface area (Å²) in [7, 11) is 1.48. The predicted octanol–water partition coefficient (Wildman–Crippen LogP) is 3.00. The van der Waals surface area contributed by atoms with Gasteiger partial charge in [0.2, 0.25) is 17.7 Å². The molecule has 8 nitrogen and oxygen atoms in total. The summed E-state index contributed by atoms with van der Waals surface area (Å²) in [4.78, 5) is 24.6. The first-order chi connectivity index (χ1) is 13.7. The fraction of sp³-hybridized carbons (Fsp3) is 0.100. The van der Waals surface area contributed by atoms with E-state index in [1.807, 2.05) is 36.4 Å². The monoisotopic (exact) mass is 375 g/mol. The largest absolute Gasteiger partial charge is 0.467 e. The Balaban J connectivity index is 1.73. The van der Waals surface area contributed by atoms with Gasteiger partial charge in [0.25, 0.3) is 0 Å². The van der Waals surface area contributed by atoms with Crippen molar-refractivity contribution in [1.29, 1.82) is 0 Å². The Morgan fingerprint density at radius 1 is 1.07 bits per heavy atom. The van der Waals surface area contributed by atoms with Crippen LogP contribution in [0.5, 0.6) is 6.01 Å². The minimum absolute atomic E-state index is 0.149. The number of fused-ring (bicyclic) bond motifs is 1. The molecule has 140 valence electrons. The Morgan fingerprint density at radius 2 is 1.89 bits per heavy atom. The molecule has 8 heteroatoms. The van der Waals surface area contributed by atoms with E-state index in [4.69, 9.17) is 14.9 Å². The topological polar surface area (TPSA) is 116 Å². The molecule has 3 N–H and O–H groups in total. The van der Waals surface area contributed by atoms with Crippen molar-refractivity contribution in [3.63, 3.8) is 0 Å². The number of nitrogens with two attached hydrogens (primary N) is 1. The smallest absolute Gasteiger partial charge is 0.321 e. The Hall–Kier alpha value is -3.94. The lowest BCUT2D eigenvalue weighted by Crippen LogP contribution is -2.10. The van der Waals surface area contributed by atoms with Crippen molar-refractivity contribution in [3.05, 3.63) is 65.9 Å². The van der Waals surface area contributed by atoms with Crippen molar-refractivity contribution in [1.82, 2.24) is 15.0 Å². The molecule has 0 fully saturated rings. The molecule has 0 bridgehead atoms. The molecule has 0 aliphatic heterocycles. The van der Waals surface area contributed by atoms with Gasteiger partial charge in [-0.2, -0.15) is 15.0 Å². The van der Waals surface area contributed by atoms with Crippen molar-refractivity contribution >= 4 is 22.6 Å². The van der Waals surface area contributed by atoms with Gasteiger partial charge < -0.3 is 20.2 Å². The summed E-state index contributed by atoms with van der Waals surface area (Å²) in [6.07, 6.45) is 1.47. The number of rotatable bonds is 6. The Labute approximate surface area is 160 Å². The van der Waals surface area contributed by atoms with E-state index in [1.54, 1.807) is 12.1 Å². The second-order valence-electron chi connectivity index (χ2n) is 6.00. The number of hydrogen-bond donors (Lipinski definition) is 2. The van der Waals surface area contributed by atoms with Gasteiger partial charge in [0.15, 0.2) is 5.76 Å². The number of nitrogens with one attached hydrogen (secondary N) is 1. The second kappa shape index (κ2) is 7.36. The number of carbonyl (C=O) groups is 1. The van der Waals surface area contributed by atoms with E-state index in [1.165, 1.54) is 13.4 Å². The standard InChI is InChI=1S/C20H17N5O3/c1-27-20-24-18(23-19(25-20)22-10-12-6-3-2-4-7-12)16-13-8-5-9-14(17(21)26)15(13)11-28-16/h2-9,11H,10H2,1H3,(H2,21,26)(H,22,23,24,25).